The standard InChI is InChI=1S/C14H19N3O3/c1-17-10(7-8-16-17)12(15)9-5-6-11(18-2)14(20-4)13(9)19-3/h5-8,12H,15H2,1-4H3. The Kier molecular flexibility index (Phi) is 4.14. The van der Waals surface area contributed by atoms with Crippen molar-refractivity contribution in [3.63, 3.8) is 0 Å². The molecule has 0 bridgehead atoms. The van der Waals surface area contributed by atoms with Gasteiger partial charge in [0.05, 0.1) is 33.1 Å². The van der Waals surface area contributed by atoms with E-state index in [9.17, 15) is 0 Å². The number of aromatic nitrogens is 2. The van der Waals surface area contributed by atoms with E-state index in [1.54, 1.807) is 32.2 Å². The zero-order valence-corrected chi connectivity index (χ0v) is 12.1. The number of rotatable bonds is 5. The predicted molar refractivity (Wildman–Crippen MR) is 75.3 cm³/mol. The zero-order valence-electron chi connectivity index (χ0n) is 12.1. The van der Waals surface area contributed by atoms with Crippen LogP contribution in [-0.4, -0.2) is 31.1 Å². The average Bonchev–Trinajstić information content (AvgIpc) is 2.90. The first kappa shape index (κ1) is 14.2. The fraction of sp³-hybridized carbons (Fsp3) is 0.357. The molecule has 1 heterocycles. The number of ether oxygens (including phenoxy) is 3. The minimum Gasteiger partial charge on any atom is -0.493 e. The van der Waals surface area contributed by atoms with Crippen LogP contribution in [0, 0.1) is 0 Å². The lowest BCUT2D eigenvalue weighted by Gasteiger charge is -2.19. The summed E-state index contributed by atoms with van der Waals surface area (Å²) in [5.74, 6) is 1.70. The highest BCUT2D eigenvalue weighted by molar-refractivity contribution is 5.57. The Morgan fingerprint density at radius 3 is 2.25 bits per heavy atom. The highest BCUT2D eigenvalue weighted by atomic mass is 16.5. The van der Waals surface area contributed by atoms with Gasteiger partial charge >= 0.3 is 0 Å². The Bertz CT molecular complexity index is 595. The van der Waals surface area contributed by atoms with E-state index < -0.39 is 0 Å². The molecule has 0 saturated heterocycles. The van der Waals surface area contributed by atoms with Gasteiger partial charge in [-0.2, -0.15) is 5.10 Å². The summed E-state index contributed by atoms with van der Waals surface area (Å²) < 4.78 is 17.8. The van der Waals surface area contributed by atoms with E-state index in [0.29, 0.717) is 17.2 Å². The molecule has 1 atom stereocenters. The van der Waals surface area contributed by atoms with Crippen molar-refractivity contribution >= 4 is 0 Å². The number of hydrogen-bond acceptors (Lipinski definition) is 5. The van der Waals surface area contributed by atoms with Crippen molar-refractivity contribution < 1.29 is 14.2 Å². The van der Waals surface area contributed by atoms with Gasteiger partial charge in [0.1, 0.15) is 0 Å². The maximum atomic E-state index is 6.32. The molecule has 6 nitrogen and oxygen atoms in total. The summed E-state index contributed by atoms with van der Waals surface area (Å²) in [4.78, 5) is 0. The van der Waals surface area contributed by atoms with Crippen molar-refractivity contribution in [2.75, 3.05) is 21.3 Å². The van der Waals surface area contributed by atoms with Gasteiger partial charge in [0, 0.05) is 18.8 Å². The molecule has 0 radical (unpaired) electrons. The van der Waals surface area contributed by atoms with Crippen LogP contribution in [0.1, 0.15) is 17.3 Å². The molecule has 0 aliphatic carbocycles. The first-order chi connectivity index (χ1) is 9.63. The molecule has 2 rings (SSSR count). The summed E-state index contributed by atoms with van der Waals surface area (Å²) >= 11 is 0. The van der Waals surface area contributed by atoms with Crippen molar-refractivity contribution in [1.82, 2.24) is 9.78 Å². The molecule has 0 spiro atoms. The smallest absolute Gasteiger partial charge is 0.203 e. The minimum atomic E-state index is -0.364. The van der Waals surface area contributed by atoms with Crippen molar-refractivity contribution in [1.29, 1.82) is 0 Å². The van der Waals surface area contributed by atoms with Gasteiger partial charge in [0.2, 0.25) is 5.75 Å². The summed E-state index contributed by atoms with van der Waals surface area (Å²) in [6.45, 7) is 0. The number of aryl methyl sites for hydroxylation is 1. The molecule has 2 N–H and O–H groups in total. The summed E-state index contributed by atoms with van der Waals surface area (Å²) in [7, 11) is 6.58. The molecule has 2 aromatic rings. The fourth-order valence-corrected chi connectivity index (χ4v) is 2.22. The van der Waals surface area contributed by atoms with E-state index in [0.717, 1.165) is 11.3 Å². The van der Waals surface area contributed by atoms with Gasteiger partial charge in [-0.25, -0.2) is 0 Å². The maximum absolute atomic E-state index is 6.32. The van der Waals surface area contributed by atoms with Crippen LogP contribution in [0.3, 0.4) is 0 Å². The van der Waals surface area contributed by atoms with Crippen LogP contribution in [0.2, 0.25) is 0 Å². The highest BCUT2D eigenvalue weighted by Gasteiger charge is 2.22. The number of methoxy groups -OCH3 is 3. The van der Waals surface area contributed by atoms with Gasteiger partial charge < -0.3 is 19.9 Å². The molecule has 0 aliphatic heterocycles. The van der Waals surface area contributed by atoms with Gasteiger partial charge in [-0.1, -0.05) is 0 Å². The van der Waals surface area contributed by atoms with Gasteiger partial charge in [0.15, 0.2) is 11.5 Å². The third-order valence-corrected chi connectivity index (χ3v) is 3.25. The van der Waals surface area contributed by atoms with Crippen LogP contribution >= 0.6 is 0 Å². The molecule has 0 fully saturated rings. The second-order valence-corrected chi connectivity index (χ2v) is 4.28. The van der Waals surface area contributed by atoms with Crippen molar-refractivity contribution in [2.45, 2.75) is 6.04 Å². The topological polar surface area (TPSA) is 71.5 Å². The molecule has 1 aromatic carbocycles. The van der Waals surface area contributed by atoms with Crippen LogP contribution in [0.4, 0.5) is 0 Å². The second-order valence-electron chi connectivity index (χ2n) is 4.28. The Labute approximate surface area is 118 Å². The molecular formula is C14H19N3O3. The Morgan fingerprint density at radius 1 is 1.05 bits per heavy atom. The van der Waals surface area contributed by atoms with E-state index in [2.05, 4.69) is 5.10 Å². The van der Waals surface area contributed by atoms with Crippen LogP contribution in [0.15, 0.2) is 24.4 Å². The van der Waals surface area contributed by atoms with Crippen LogP contribution in [-0.2, 0) is 7.05 Å². The molecule has 108 valence electrons. The fourth-order valence-electron chi connectivity index (χ4n) is 2.22. The third kappa shape index (κ3) is 2.30. The van der Waals surface area contributed by atoms with E-state index in [1.165, 1.54) is 0 Å². The molecule has 0 saturated carbocycles. The second kappa shape index (κ2) is 5.83. The summed E-state index contributed by atoms with van der Waals surface area (Å²) in [6.07, 6.45) is 1.71. The largest absolute Gasteiger partial charge is 0.493 e. The summed E-state index contributed by atoms with van der Waals surface area (Å²) in [5, 5.41) is 4.13. The molecule has 6 heteroatoms. The van der Waals surface area contributed by atoms with Crippen molar-refractivity contribution in [3.8, 4) is 17.2 Å². The highest BCUT2D eigenvalue weighted by Crippen LogP contribution is 2.42. The van der Waals surface area contributed by atoms with Crippen LogP contribution in [0.25, 0.3) is 0 Å². The van der Waals surface area contributed by atoms with Crippen LogP contribution in [0.5, 0.6) is 17.2 Å². The summed E-state index contributed by atoms with van der Waals surface area (Å²) in [5.41, 5.74) is 8.01. The number of benzene rings is 1. The predicted octanol–water partition coefficient (Wildman–Crippen LogP) is 1.49. The zero-order chi connectivity index (χ0) is 14.7. The van der Waals surface area contributed by atoms with E-state index in [-0.39, 0.29) is 6.04 Å². The minimum absolute atomic E-state index is 0.364. The first-order valence-corrected chi connectivity index (χ1v) is 6.16. The Hall–Kier alpha value is -2.21. The number of hydrogen-bond donors (Lipinski definition) is 1. The lowest BCUT2D eigenvalue weighted by Crippen LogP contribution is -2.17. The monoisotopic (exact) mass is 277 g/mol. The molecule has 1 unspecified atom stereocenters. The lowest BCUT2D eigenvalue weighted by atomic mass is 10.0. The third-order valence-electron chi connectivity index (χ3n) is 3.25. The molecular weight excluding hydrogens is 258 g/mol. The quantitative estimate of drug-likeness (QED) is 0.896. The lowest BCUT2D eigenvalue weighted by molar-refractivity contribution is 0.321. The molecule has 0 aliphatic rings. The van der Waals surface area contributed by atoms with Crippen molar-refractivity contribution in [3.05, 3.63) is 35.7 Å². The average molecular weight is 277 g/mol. The van der Waals surface area contributed by atoms with Crippen LogP contribution < -0.4 is 19.9 Å². The summed E-state index contributed by atoms with van der Waals surface area (Å²) in [6, 6.07) is 5.20. The Balaban J connectivity index is 2.54. The molecule has 0 amide bonds. The van der Waals surface area contributed by atoms with E-state index in [4.69, 9.17) is 19.9 Å². The van der Waals surface area contributed by atoms with Gasteiger partial charge in [-0.05, 0) is 18.2 Å². The normalized spacial score (nSPS) is 12.1. The Morgan fingerprint density at radius 2 is 1.75 bits per heavy atom. The first-order valence-electron chi connectivity index (χ1n) is 6.16. The van der Waals surface area contributed by atoms with Crippen molar-refractivity contribution in [2.24, 2.45) is 12.8 Å². The van der Waals surface area contributed by atoms with Gasteiger partial charge in [0.25, 0.3) is 0 Å². The maximum Gasteiger partial charge on any atom is 0.203 e. The molecule has 1 aromatic heterocycles. The SMILES string of the molecule is COc1ccc(C(N)c2ccnn2C)c(OC)c1OC. The number of nitrogens with zero attached hydrogens (tertiary/aromatic N) is 2. The number of nitrogens with two attached hydrogens (primary N) is 1. The van der Waals surface area contributed by atoms with E-state index in [1.807, 2.05) is 25.2 Å². The van der Waals surface area contributed by atoms with E-state index >= 15 is 0 Å². The van der Waals surface area contributed by atoms with Gasteiger partial charge in [-0.15, -0.1) is 0 Å². The van der Waals surface area contributed by atoms with Gasteiger partial charge in [-0.3, -0.25) is 4.68 Å². The molecule has 20 heavy (non-hydrogen) atoms.